The first-order valence-corrected chi connectivity index (χ1v) is 29.0. The van der Waals surface area contributed by atoms with Crippen LogP contribution in [0.3, 0.4) is 0 Å². The van der Waals surface area contributed by atoms with Gasteiger partial charge in [0.25, 0.3) is 0 Å². The van der Waals surface area contributed by atoms with Gasteiger partial charge in [0.1, 0.15) is 11.5 Å². The van der Waals surface area contributed by atoms with Crippen LogP contribution in [0.4, 0.5) is 5.69 Å². The standard InChI is InChI=1S/C78H58N4O.C2H6/c1-7-11-27-52(8-2)58-46-59(53-28-15-12-16-29-53)48-60(47-58)82-71(10-4)61(9-3)65-50-57(41-45-72(65)82)56-40-44-70(80-77(55-32-19-14-20-33-55)81-76(79-6)54-30-17-13-18-31-54)64(49-56)62-42-43-69-75(51(62)5)63-34-21-22-35-66(63)78(69)67-36-23-25-38-73(67)83-74-39-26-24-37-68(74)78;1-2/h7-50H,2-4,6H2,1,5H3;1-2H3/b11-7-,52-27+,80-77?,81-76?;. The van der Waals surface area contributed by atoms with Crippen molar-refractivity contribution in [3.05, 3.63) is 330 Å². The summed E-state index contributed by atoms with van der Waals surface area (Å²) in [5.41, 5.74) is 22.3. The van der Waals surface area contributed by atoms with Gasteiger partial charge in [-0.2, -0.15) is 0 Å². The molecule has 1 aliphatic carbocycles. The van der Waals surface area contributed by atoms with E-state index < -0.39 is 5.41 Å². The van der Waals surface area contributed by atoms with Crippen LogP contribution in [0.1, 0.15) is 76.5 Å². The van der Waals surface area contributed by atoms with Crippen molar-refractivity contribution in [2.24, 2.45) is 15.0 Å². The second kappa shape index (κ2) is 23.6. The molecule has 0 saturated carbocycles. The summed E-state index contributed by atoms with van der Waals surface area (Å²) in [6.45, 7) is 25.3. The average molecular weight is 1100 g/mol. The van der Waals surface area contributed by atoms with Gasteiger partial charge in [-0.3, -0.25) is 0 Å². The molecular weight excluding hydrogens is 1030 g/mol. The first-order valence-electron chi connectivity index (χ1n) is 29.0. The minimum atomic E-state index is -0.620. The zero-order valence-electron chi connectivity index (χ0n) is 48.4. The number of nitrogens with zero attached hydrogens (tertiary/aromatic N) is 4. The highest BCUT2D eigenvalue weighted by atomic mass is 16.5. The number of fused-ring (bicyclic) bond motifs is 10. The number of ether oxygens (including phenoxy) is 1. The molecule has 410 valence electrons. The fraction of sp³-hybridized carbons (Fsp3) is 0.0625. The van der Waals surface area contributed by atoms with E-state index in [0.717, 1.165) is 117 Å². The van der Waals surface area contributed by atoms with E-state index in [0.29, 0.717) is 11.7 Å². The number of hydrogen-bond acceptors (Lipinski definition) is 2. The Balaban J connectivity index is 0.00000351. The van der Waals surface area contributed by atoms with Crippen molar-refractivity contribution in [2.75, 3.05) is 0 Å². The van der Waals surface area contributed by atoms with Crippen molar-refractivity contribution >= 4 is 52.7 Å². The summed E-state index contributed by atoms with van der Waals surface area (Å²) >= 11 is 0. The van der Waals surface area contributed by atoms with Crippen molar-refractivity contribution in [2.45, 2.75) is 33.1 Å². The number of rotatable bonds is 12. The maximum absolute atomic E-state index is 6.70. The van der Waals surface area contributed by atoms with Crippen LogP contribution in [0, 0.1) is 6.92 Å². The Morgan fingerprint density at radius 2 is 1.13 bits per heavy atom. The third-order valence-corrected chi connectivity index (χ3v) is 16.3. The van der Waals surface area contributed by atoms with E-state index in [2.05, 4.69) is 225 Å². The van der Waals surface area contributed by atoms with Crippen LogP contribution in [-0.4, -0.2) is 23.0 Å². The van der Waals surface area contributed by atoms with E-state index >= 15 is 0 Å². The number of aromatic nitrogens is 1. The number of hydrogen-bond donors (Lipinski definition) is 0. The van der Waals surface area contributed by atoms with Gasteiger partial charge in [-0.15, -0.1) is 0 Å². The fourth-order valence-electron chi connectivity index (χ4n) is 12.6. The molecule has 0 amide bonds. The largest absolute Gasteiger partial charge is 0.457 e. The van der Waals surface area contributed by atoms with E-state index in [-0.39, 0.29) is 0 Å². The quantitative estimate of drug-likeness (QED) is 0.0683. The molecule has 0 radical (unpaired) electrons. The Kier molecular flexibility index (Phi) is 15.2. The lowest BCUT2D eigenvalue weighted by Gasteiger charge is -2.39. The van der Waals surface area contributed by atoms with Gasteiger partial charge in [0.05, 0.1) is 22.3 Å². The second-order valence-corrected chi connectivity index (χ2v) is 20.8. The smallest absolute Gasteiger partial charge is 0.162 e. The molecule has 2 aliphatic rings. The lowest BCUT2D eigenvalue weighted by molar-refractivity contribution is 0.436. The molecule has 1 aliphatic heterocycles. The van der Waals surface area contributed by atoms with Crippen LogP contribution >= 0.6 is 0 Å². The van der Waals surface area contributed by atoms with E-state index in [1.165, 1.54) is 22.3 Å². The molecule has 85 heavy (non-hydrogen) atoms. The lowest BCUT2D eigenvalue weighted by Crippen LogP contribution is -2.32. The van der Waals surface area contributed by atoms with Crippen LogP contribution in [0.15, 0.2) is 290 Å². The van der Waals surface area contributed by atoms with E-state index in [4.69, 9.17) is 14.7 Å². The van der Waals surface area contributed by atoms with E-state index in [1.807, 2.05) is 106 Å². The second-order valence-electron chi connectivity index (χ2n) is 20.8. The third-order valence-electron chi connectivity index (χ3n) is 16.3. The summed E-state index contributed by atoms with van der Waals surface area (Å²) in [5.74, 6) is 2.70. The Morgan fingerprint density at radius 3 is 1.78 bits per heavy atom. The molecule has 1 aromatic heterocycles. The van der Waals surface area contributed by atoms with Gasteiger partial charge in [0, 0.05) is 44.5 Å². The van der Waals surface area contributed by atoms with Crippen molar-refractivity contribution in [1.29, 1.82) is 0 Å². The molecule has 10 aromatic carbocycles. The molecule has 11 aromatic rings. The number of para-hydroxylation sites is 2. The van der Waals surface area contributed by atoms with Crippen LogP contribution < -0.4 is 4.74 Å². The molecule has 13 rings (SSSR count). The molecular formula is C80H64N4O. The molecule has 0 unspecified atom stereocenters. The molecule has 0 N–H and O–H groups in total. The van der Waals surface area contributed by atoms with Crippen molar-refractivity contribution in [1.82, 2.24) is 4.57 Å². The topological polar surface area (TPSA) is 51.2 Å². The van der Waals surface area contributed by atoms with Gasteiger partial charge in [-0.1, -0.05) is 240 Å². The van der Waals surface area contributed by atoms with Gasteiger partial charge in [-0.25, -0.2) is 15.0 Å². The summed E-state index contributed by atoms with van der Waals surface area (Å²) < 4.78 is 9.00. The number of benzene rings is 10. The van der Waals surface area contributed by atoms with Gasteiger partial charge < -0.3 is 9.30 Å². The first kappa shape index (κ1) is 54.8. The monoisotopic (exact) mass is 1100 g/mol. The number of allylic oxidation sites excluding steroid dienone is 5. The molecule has 0 fully saturated rings. The number of aliphatic imine (C=N–C) groups is 3. The third kappa shape index (κ3) is 9.56. The minimum Gasteiger partial charge on any atom is -0.457 e. The SMILES string of the molecule is C=C/C(=C\C=C/C)c1cc(-c2ccccc2)cc(-n2c(C=C)c(C=C)c3cc(-c4ccc(N=C(N=C(N=C)c5ccccc5)c5ccccc5)c(-c5ccc6c(c5C)-c5ccccc5C65c6ccccc6Oc6ccccc65)c4)ccc32)c1.CC. The normalized spacial score (nSPS) is 13.0. The molecule has 0 saturated heterocycles. The molecule has 2 heterocycles. The highest BCUT2D eigenvalue weighted by Crippen LogP contribution is 2.63. The van der Waals surface area contributed by atoms with Crippen LogP contribution in [-0.2, 0) is 5.41 Å². The minimum absolute atomic E-state index is 0.477. The van der Waals surface area contributed by atoms with Crippen molar-refractivity contribution in [3.8, 4) is 61.7 Å². The zero-order valence-corrected chi connectivity index (χ0v) is 48.4. The van der Waals surface area contributed by atoms with E-state index in [1.54, 1.807) is 0 Å². The predicted octanol–water partition coefficient (Wildman–Crippen LogP) is 21.1. The highest BCUT2D eigenvalue weighted by molar-refractivity contribution is 6.14. The Labute approximate surface area is 499 Å². The van der Waals surface area contributed by atoms with Crippen molar-refractivity contribution in [3.63, 3.8) is 0 Å². The summed E-state index contributed by atoms with van der Waals surface area (Å²) in [6, 6.07) is 81.2. The zero-order chi connectivity index (χ0) is 58.6. The Morgan fingerprint density at radius 1 is 0.518 bits per heavy atom. The van der Waals surface area contributed by atoms with Gasteiger partial charge in [-0.05, 0) is 148 Å². The van der Waals surface area contributed by atoms with Crippen LogP contribution in [0.25, 0.3) is 78.8 Å². The predicted molar refractivity (Wildman–Crippen MR) is 361 cm³/mol. The highest BCUT2D eigenvalue weighted by Gasteiger charge is 2.51. The van der Waals surface area contributed by atoms with Gasteiger partial charge in [0.2, 0.25) is 0 Å². The Bertz CT molecular complexity index is 4510. The summed E-state index contributed by atoms with van der Waals surface area (Å²) in [4.78, 5) is 15.2. The Hall–Kier alpha value is -10.8. The maximum Gasteiger partial charge on any atom is 0.162 e. The number of amidine groups is 2. The fourth-order valence-corrected chi connectivity index (χ4v) is 12.6. The van der Waals surface area contributed by atoms with Crippen LogP contribution in [0.2, 0.25) is 0 Å². The van der Waals surface area contributed by atoms with Gasteiger partial charge in [0.15, 0.2) is 11.7 Å². The van der Waals surface area contributed by atoms with Crippen LogP contribution in [0.5, 0.6) is 11.5 Å². The van der Waals surface area contributed by atoms with Crippen molar-refractivity contribution < 1.29 is 4.74 Å². The summed E-state index contributed by atoms with van der Waals surface area (Å²) in [7, 11) is 0. The molecule has 0 bridgehead atoms. The summed E-state index contributed by atoms with van der Waals surface area (Å²) in [5, 5.41) is 1.05. The maximum atomic E-state index is 6.70. The lowest BCUT2D eigenvalue weighted by atomic mass is 9.66. The average Bonchev–Trinajstić information content (AvgIpc) is 1.64. The molecule has 5 nitrogen and oxygen atoms in total. The van der Waals surface area contributed by atoms with Gasteiger partial charge >= 0.3 is 0 Å². The first-order chi connectivity index (χ1) is 41.9. The molecule has 0 atom stereocenters. The van der Waals surface area contributed by atoms with E-state index in [9.17, 15) is 0 Å². The molecule has 5 heteroatoms. The molecule has 1 spiro atoms. The summed E-state index contributed by atoms with van der Waals surface area (Å²) in [6.07, 6.45) is 12.0.